The third-order valence-corrected chi connectivity index (χ3v) is 3.14. The molecule has 0 saturated heterocycles. The van der Waals surface area contributed by atoms with Gasteiger partial charge in [-0.3, -0.25) is 0 Å². The minimum atomic E-state index is 0.646. The average Bonchev–Trinajstić information content (AvgIpc) is 3.06. The topological polar surface area (TPSA) is 43.6 Å². The van der Waals surface area contributed by atoms with Crippen molar-refractivity contribution in [3.63, 3.8) is 0 Å². The highest BCUT2D eigenvalue weighted by Crippen LogP contribution is 2.19. The van der Waals surface area contributed by atoms with E-state index in [-0.39, 0.29) is 0 Å². The summed E-state index contributed by atoms with van der Waals surface area (Å²) in [5.74, 6) is 0.646. The number of imidazole rings is 1. The molecule has 0 aliphatic heterocycles. The Morgan fingerprint density at radius 2 is 2.14 bits per heavy atom. The Balaban J connectivity index is 2.08. The molecule has 1 aromatic carbocycles. The van der Waals surface area contributed by atoms with Crippen molar-refractivity contribution in [1.82, 2.24) is 19.5 Å². The molecule has 21 heavy (non-hydrogen) atoms. The van der Waals surface area contributed by atoms with Gasteiger partial charge in [0.15, 0.2) is 5.82 Å². The number of nitrogens with zero attached hydrogens (tertiary/aromatic N) is 4. The van der Waals surface area contributed by atoms with Crippen molar-refractivity contribution in [2.75, 3.05) is 0 Å². The fourth-order valence-corrected chi connectivity index (χ4v) is 2.09. The molecule has 102 valence electrons. The van der Waals surface area contributed by atoms with E-state index in [1.54, 1.807) is 24.7 Å². The van der Waals surface area contributed by atoms with Gasteiger partial charge in [-0.1, -0.05) is 31.4 Å². The zero-order valence-corrected chi connectivity index (χ0v) is 11.5. The highest BCUT2D eigenvalue weighted by molar-refractivity contribution is 5.82. The summed E-state index contributed by atoms with van der Waals surface area (Å²) in [4.78, 5) is 13.0. The van der Waals surface area contributed by atoms with Crippen molar-refractivity contribution in [1.29, 1.82) is 0 Å². The van der Waals surface area contributed by atoms with Crippen LogP contribution in [0.2, 0.25) is 0 Å². The Morgan fingerprint density at radius 1 is 1.24 bits per heavy atom. The van der Waals surface area contributed by atoms with E-state index in [4.69, 9.17) is 0 Å². The summed E-state index contributed by atoms with van der Waals surface area (Å²) in [6, 6.07) is 6.02. The van der Waals surface area contributed by atoms with Gasteiger partial charge < -0.3 is 4.57 Å². The van der Waals surface area contributed by atoms with E-state index in [1.807, 2.05) is 41.2 Å². The van der Waals surface area contributed by atoms with E-state index in [9.17, 15) is 0 Å². The van der Waals surface area contributed by atoms with Crippen LogP contribution < -0.4 is 0 Å². The largest absolute Gasteiger partial charge is 0.306 e. The Kier molecular flexibility index (Phi) is 3.43. The van der Waals surface area contributed by atoms with Crippen molar-refractivity contribution in [2.45, 2.75) is 0 Å². The molecule has 0 amide bonds. The summed E-state index contributed by atoms with van der Waals surface area (Å²) >= 11 is 0. The molecule has 0 atom stereocenters. The van der Waals surface area contributed by atoms with Gasteiger partial charge in [0.1, 0.15) is 0 Å². The SMILES string of the molecule is C=C/C=C(\C=C)c1ncc2cc(-n3ccnc3)ccc2n1. The molecule has 0 aliphatic rings. The number of benzene rings is 1. The molecule has 0 spiro atoms. The maximum absolute atomic E-state index is 4.56. The van der Waals surface area contributed by atoms with Crippen LogP contribution in [0.5, 0.6) is 0 Å². The number of fused-ring (bicyclic) bond motifs is 1. The molecule has 2 aromatic heterocycles. The molecule has 0 fully saturated rings. The van der Waals surface area contributed by atoms with Crippen LogP contribution in [0, 0.1) is 0 Å². The molecule has 0 bridgehead atoms. The van der Waals surface area contributed by atoms with Crippen LogP contribution >= 0.6 is 0 Å². The van der Waals surface area contributed by atoms with Crippen LogP contribution in [0.1, 0.15) is 5.82 Å². The quantitative estimate of drug-likeness (QED) is 0.683. The number of rotatable bonds is 4. The zero-order chi connectivity index (χ0) is 14.7. The third-order valence-electron chi connectivity index (χ3n) is 3.14. The van der Waals surface area contributed by atoms with E-state index < -0.39 is 0 Å². The smallest absolute Gasteiger partial charge is 0.159 e. The Hall–Kier alpha value is -3.01. The fraction of sp³-hybridized carbons (Fsp3) is 0. The van der Waals surface area contributed by atoms with Gasteiger partial charge in [-0.05, 0) is 18.2 Å². The van der Waals surface area contributed by atoms with Crippen LogP contribution in [0.25, 0.3) is 22.2 Å². The number of hydrogen-bond donors (Lipinski definition) is 0. The Morgan fingerprint density at radius 3 is 2.86 bits per heavy atom. The second kappa shape index (κ2) is 5.54. The normalized spacial score (nSPS) is 11.5. The maximum atomic E-state index is 4.56. The Labute approximate surface area is 122 Å². The monoisotopic (exact) mass is 274 g/mol. The Bertz CT molecular complexity index is 829. The van der Waals surface area contributed by atoms with E-state index in [1.165, 1.54) is 0 Å². The molecule has 3 aromatic rings. The van der Waals surface area contributed by atoms with E-state index in [0.29, 0.717) is 5.82 Å². The first-order chi connectivity index (χ1) is 10.3. The van der Waals surface area contributed by atoms with Crippen LogP contribution in [-0.4, -0.2) is 19.5 Å². The van der Waals surface area contributed by atoms with Crippen molar-refractivity contribution in [3.05, 3.63) is 80.3 Å². The van der Waals surface area contributed by atoms with E-state index in [2.05, 4.69) is 28.1 Å². The van der Waals surface area contributed by atoms with Crippen molar-refractivity contribution in [2.24, 2.45) is 0 Å². The lowest BCUT2D eigenvalue weighted by atomic mass is 10.2. The van der Waals surface area contributed by atoms with Crippen molar-refractivity contribution < 1.29 is 0 Å². The van der Waals surface area contributed by atoms with Gasteiger partial charge >= 0.3 is 0 Å². The molecule has 0 saturated carbocycles. The molecule has 0 N–H and O–H groups in total. The first kappa shape index (κ1) is 13.0. The minimum absolute atomic E-state index is 0.646. The van der Waals surface area contributed by atoms with E-state index in [0.717, 1.165) is 22.2 Å². The molecule has 0 unspecified atom stereocenters. The lowest BCUT2D eigenvalue weighted by molar-refractivity contribution is 1.06. The first-order valence-corrected chi connectivity index (χ1v) is 6.52. The third kappa shape index (κ3) is 2.51. The summed E-state index contributed by atoms with van der Waals surface area (Å²) in [5, 5.41) is 0.979. The molecule has 0 aliphatic carbocycles. The van der Waals surface area contributed by atoms with Crippen LogP contribution in [-0.2, 0) is 0 Å². The van der Waals surface area contributed by atoms with Gasteiger partial charge in [-0.2, -0.15) is 0 Å². The van der Waals surface area contributed by atoms with Gasteiger partial charge in [-0.25, -0.2) is 15.0 Å². The number of hydrogen-bond acceptors (Lipinski definition) is 3. The van der Waals surface area contributed by atoms with Crippen LogP contribution in [0.3, 0.4) is 0 Å². The molecular formula is C17H14N4. The lowest BCUT2D eigenvalue weighted by Gasteiger charge is -2.06. The number of aromatic nitrogens is 4. The van der Waals surface area contributed by atoms with Crippen LogP contribution in [0.15, 0.2) is 74.5 Å². The summed E-state index contributed by atoms with van der Waals surface area (Å²) in [5.41, 5.74) is 2.77. The highest BCUT2D eigenvalue weighted by Gasteiger charge is 2.04. The standard InChI is InChI=1S/C17H14N4/c1-3-5-13(4-2)17-19-11-14-10-15(6-7-16(14)20-17)21-9-8-18-12-21/h3-12H,1-2H2/b13-5+. The summed E-state index contributed by atoms with van der Waals surface area (Å²) in [7, 11) is 0. The second-order valence-electron chi connectivity index (χ2n) is 4.47. The molecular weight excluding hydrogens is 260 g/mol. The summed E-state index contributed by atoms with van der Waals surface area (Å²) in [6.45, 7) is 7.47. The molecule has 4 heteroatoms. The van der Waals surface area contributed by atoms with Gasteiger partial charge in [0.2, 0.25) is 0 Å². The van der Waals surface area contributed by atoms with Gasteiger partial charge in [0.05, 0.1) is 11.8 Å². The predicted octanol–water partition coefficient (Wildman–Crippen LogP) is 3.57. The summed E-state index contributed by atoms with van der Waals surface area (Å²) in [6.07, 6.45) is 12.5. The van der Waals surface area contributed by atoms with E-state index >= 15 is 0 Å². The number of allylic oxidation sites excluding steroid dienone is 4. The van der Waals surface area contributed by atoms with Crippen LogP contribution in [0.4, 0.5) is 0 Å². The van der Waals surface area contributed by atoms with Crippen molar-refractivity contribution >= 4 is 16.5 Å². The second-order valence-corrected chi connectivity index (χ2v) is 4.47. The minimum Gasteiger partial charge on any atom is -0.306 e. The van der Waals surface area contributed by atoms with Gasteiger partial charge in [0, 0.05) is 35.2 Å². The predicted molar refractivity (Wildman–Crippen MR) is 85.0 cm³/mol. The fourth-order valence-electron chi connectivity index (χ4n) is 2.09. The average molecular weight is 274 g/mol. The molecule has 3 rings (SSSR count). The zero-order valence-electron chi connectivity index (χ0n) is 11.5. The molecule has 4 nitrogen and oxygen atoms in total. The highest BCUT2D eigenvalue weighted by atomic mass is 15.0. The summed E-state index contributed by atoms with van der Waals surface area (Å²) < 4.78 is 1.94. The molecule has 0 radical (unpaired) electrons. The lowest BCUT2D eigenvalue weighted by Crippen LogP contribution is -1.95. The first-order valence-electron chi connectivity index (χ1n) is 6.52. The van der Waals surface area contributed by atoms with Gasteiger partial charge in [-0.15, -0.1) is 0 Å². The van der Waals surface area contributed by atoms with Crippen molar-refractivity contribution in [3.8, 4) is 5.69 Å². The molecule has 2 heterocycles. The maximum Gasteiger partial charge on any atom is 0.159 e. The van der Waals surface area contributed by atoms with Gasteiger partial charge in [0.25, 0.3) is 0 Å².